The van der Waals surface area contributed by atoms with Gasteiger partial charge in [0.15, 0.2) is 0 Å². The zero-order valence-corrected chi connectivity index (χ0v) is 22.9. The number of carbonyl (C=O) groups is 3. The SMILES string of the molecule is Cc1cc(C=C2C(=O)NC(=O)N(C3CCCCC3)C2=O)c(C)n1-c1ccc(Oc2ccc([N+](=O)[O-])cc2[N+](=O)[O-])cc1. The molecule has 1 N–H and O–H groups in total. The summed E-state index contributed by atoms with van der Waals surface area (Å²) in [5.41, 5.74) is 1.84. The smallest absolute Gasteiger partial charge is 0.331 e. The number of nitro groups is 2. The largest absolute Gasteiger partial charge is 0.450 e. The zero-order valence-electron chi connectivity index (χ0n) is 22.9. The molecule has 2 aromatic carbocycles. The van der Waals surface area contributed by atoms with Gasteiger partial charge in [-0.2, -0.15) is 0 Å². The molecule has 1 aliphatic heterocycles. The number of amides is 4. The lowest BCUT2D eigenvalue weighted by atomic mass is 9.93. The van der Waals surface area contributed by atoms with E-state index in [1.807, 2.05) is 24.5 Å². The Morgan fingerprint density at radius 3 is 2.26 bits per heavy atom. The zero-order chi connectivity index (χ0) is 30.1. The van der Waals surface area contributed by atoms with Gasteiger partial charge in [-0.25, -0.2) is 4.79 Å². The van der Waals surface area contributed by atoms with Crippen molar-refractivity contribution in [3.8, 4) is 17.2 Å². The van der Waals surface area contributed by atoms with Crippen LogP contribution >= 0.6 is 0 Å². The summed E-state index contributed by atoms with van der Waals surface area (Å²) in [5.74, 6) is -1.19. The average Bonchev–Trinajstić information content (AvgIpc) is 3.24. The summed E-state index contributed by atoms with van der Waals surface area (Å²) in [4.78, 5) is 60.7. The molecule has 216 valence electrons. The third-order valence-electron chi connectivity index (χ3n) is 7.52. The Labute approximate surface area is 239 Å². The van der Waals surface area contributed by atoms with Gasteiger partial charge in [0, 0.05) is 29.2 Å². The lowest BCUT2D eigenvalue weighted by molar-refractivity contribution is -0.394. The topological polar surface area (TPSA) is 167 Å². The molecular formula is C29H27N5O8. The van der Waals surface area contributed by atoms with E-state index in [2.05, 4.69) is 5.32 Å². The van der Waals surface area contributed by atoms with Crippen LogP contribution in [-0.2, 0) is 9.59 Å². The highest BCUT2D eigenvalue weighted by Crippen LogP contribution is 2.35. The molecule has 2 heterocycles. The number of carbonyl (C=O) groups excluding carboxylic acids is 3. The van der Waals surface area contributed by atoms with Crippen molar-refractivity contribution >= 4 is 35.3 Å². The highest BCUT2D eigenvalue weighted by atomic mass is 16.6. The number of aryl methyl sites for hydroxylation is 1. The number of rotatable bonds is 7. The molecule has 0 bridgehead atoms. The number of nitrogens with one attached hydrogen (secondary N) is 1. The molecule has 0 unspecified atom stereocenters. The van der Waals surface area contributed by atoms with Crippen molar-refractivity contribution in [1.82, 2.24) is 14.8 Å². The van der Waals surface area contributed by atoms with Crippen LogP contribution in [-0.4, -0.2) is 43.2 Å². The van der Waals surface area contributed by atoms with Crippen LogP contribution in [0.25, 0.3) is 11.8 Å². The van der Waals surface area contributed by atoms with E-state index in [1.165, 1.54) is 17.0 Å². The van der Waals surface area contributed by atoms with Crippen molar-refractivity contribution in [2.45, 2.75) is 52.0 Å². The summed E-state index contributed by atoms with van der Waals surface area (Å²) in [6, 6.07) is 10.7. The minimum absolute atomic E-state index is 0.103. The molecule has 2 aliphatic rings. The van der Waals surface area contributed by atoms with E-state index >= 15 is 0 Å². The van der Waals surface area contributed by atoms with Crippen LogP contribution in [0.2, 0.25) is 0 Å². The number of hydrogen-bond donors (Lipinski definition) is 1. The molecule has 0 atom stereocenters. The number of aromatic nitrogens is 1. The molecular weight excluding hydrogens is 546 g/mol. The van der Waals surface area contributed by atoms with E-state index < -0.39 is 39.1 Å². The lowest BCUT2D eigenvalue weighted by Gasteiger charge is -2.35. The lowest BCUT2D eigenvalue weighted by Crippen LogP contribution is -2.58. The highest BCUT2D eigenvalue weighted by Gasteiger charge is 2.40. The first-order valence-corrected chi connectivity index (χ1v) is 13.4. The van der Waals surface area contributed by atoms with Gasteiger partial charge in [0.1, 0.15) is 11.3 Å². The molecule has 1 aromatic heterocycles. The number of hydrogen-bond acceptors (Lipinski definition) is 8. The van der Waals surface area contributed by atoms with E-state index in [1.54, 1.807) is 24.3 Å². The van der Waals surface area contributed by atoms with Gasteiger partial charge < -0.3 is 9.30 Å². The third-order valence-corrected chi connectivity index (χ3v) is 7.52. The van der Waals surface area contributed by atoms with Crippen LogP contribution in [0.1, 0.15) is 49.1 Å². The Morgan fingerprint density at radius 1 is 0.929 bits per heavy atom. The van der Waals surface area contributed by atoms with Crippen LogP contribution in [0.5, 0.6) is 11.5 Å². The van der Waals surface area contributed by atoms with Crippen LogP contribution < -0.4 is 10.1 Å². The van der Waals surface area contributed by atoms with Gasteiger partial charge in [0.05, 0.1) is 15.9 Å². The van der Waals surface area contributed by atoms with Crippen LogP contribution in [0.15, 0.2) is 54.1 Å². The molecule has 42 heavy (non-hydrogen) atoms. The maximum absolute atomic E-state index is 13.3. The third kappa shape index (κ3) is 5.36. The number of barbiturate groups is 1. The standard InChI is InChI=1S/C29H27N5O8/c1-17-14-19(15-24-27(35)30-29(37)32(28(24)36)20-6-4-3-5-7-20)18(2)31(17)21-8-11-23(12-9-21)42-26-13-10-22(33(38)39)16-25(26)34(40)41/h8-16,20H,3-7H2,1-2H3,(H,30,35,37). The fourth-order valence-corrected chi connectivity index (χ4v) is 5.47. The second kappa shape index (κ2) is 11.3. The number of imide groups is 2. The maximum Gasteiger partial charge on any atom is 0.331 e. The highest BCUT2D eigenvalue weighted by molar-refractivity contribution is 6.31. The fourth-order valence-electron chi connectivity index (χ4n) is 5.47. The normalized spacial score (nSPS) is 17.0. The minimum Gasteiger partial charge on any atom is -0.450 e. The van der Waals surface area contributed by atoms with Gasteiger partial charge in [-0.15, -0.1) is 0 Å². The predicted molar refractivity (Wildman–Crippen MR) is 150 cm³/mol. The number of nitrogens with zero attached hydrogens (tertiary/aromatic N) is 4. The van der Waals surface area contributed by atoms with Gasteiger partial charge in [0.25, 0.3) is 17.5 Å². The summed E-state index contributed by atoms with van der Waals surface area (Å²) in [6.07, 6.45) is 5.83. The summed E-state index contributed by atoms with van der Waals surface area (Å²) in [7, 11) is 0. The Balaban J connectivity index is 1.40. The van der Waals surface area contributed by atoms with E-state index in [9.17, 15) is 34.6 Å². The Bertz CT molecular complexity index is 1650. The second-order valence-electron chi connectivity index (χ2n) is 10.2. The van der Waals surface area contributed by atoms with Crippen molar-refractivity contribution in [2.75, 3.05) is 0 Å². The Hall–Kier alpha value is -5.33. The van der Waals surface area contributed by atoms with E-state index in [0.717, 1.165) is 48.5 Å². The van der Waals surface area contributed by atoms with Crippen molar-refractivity contribution < 1.29 is 29.0 Å². The molecule has 1 saturated carbocycles. The Kier molecular flexibility index (Phi) is 7.57. The van der Waals surface area contributed by atoms with Crippen LogP contribution in [0, 0.1) is 34.1 Å². The van der Waals surface area contributed by atoms with Crippen molar-refractivity contribution in [3.05, 3.63) is 91.3 Å². The van der Waals surface area contributed by atoms with Crippen LogP contribution in [0.3, 0.4) is 0 Å². The molecule has 4 amide bonds. The number of non-ortho nitro benzene ring substituents is 1. The molecule has 13 nitrogen and oxygen atoms in total. The number of benzene rings is 2. The molecule has 1 aliphatic carbocycles. The summed E-state index contributed by atoms with van der Waals surface area (Å²) < 4.78 is 7.56. The first-order chi connectivity index (χ1) is 20.0. The monoisotopic (exact) mass is 573 g/mol. The van der Waals surface area contributed by atoms with Gasteiger partial charge in [0.2, 0.25) is 5.75 Å². The van der Waals surface area contributed by atoms with E-state index in [-0.39, 0.29) is 23.1 Å². The average molecular weight is 574 g/mol. The first kappa shape index (κ1) is 28.2. The number of nitro benzene ring substituents is 2. The Morgan fingerprint density at radius 2 is 1.62 bits per heavy atom. The number of ether oxygens (including phenoxy) is 1. The molecule has 5 rings (SSSR count). The van der Waals surface area contributed by atoms with E-state index in [4.69, 9.17) is 4.74 Å². The van der Waals surface area contributed by atoms with Gasteiger partial charge >= 0.3 is 11.7 Å². The number of urea groups is 1. The van der Waals surface area contributed by atoms with Gasteiger partial charge in [-0.3, -0.25) is 40.0 Å². The molecule has 0 spiro atoms. The summed E-state index contributed by atoms with van der Waals surface area (Å²) >= 11 is 0. The van der Waals surface area contributed by atoms with Crippen molar-refractivity contribution in [2.24, 2.45) is 0 Å². The first-order valence-electron chi connectivity index (χ1n) is 13.4. The second-order valence-corrected chi connectivity index (χ2v) is 10.2. The summed E-state index contributed by atoms with van der Waals surface area (Å²) in [6.45, 7) is 3.69. The molecule has 0 radical (unpaired) electrons. The van der Waals surface area contributed by atoms with Gasteiger partial charge in [-0.1, -0.05) is 19.3 Å². The molecule has 3 aromatic rings. The van der Waals surface area contributed by atoms with Crippen LogP contribution in [0.4, 0.5) is 16.2 Å². The van der Waals surface area contributed by atoms with Crippen molar-refractivity contribution in [1.29, 1.82) is 0 Å². The van der Waals surface area contributed by atoms with Gasteiger partial charge in [-0.05, 0) is 74.7 Å². The fraction of sp³-hybridized carbons (Fsp3) is 0.276. The molecule has 2 fully saturated rings. The molecule has 1 saturated heterocycles. The molecule has 13 heteroatoms. The predicted octanol–water partition coefficient (Wildman–Crippen LogP) is 5.50. The summed E-state index contributed by atoms with van der Waals surface area (Å²) in [5, 5.41) is 24.7. The van der Waals surface area contributed by atoms with E-state index in [0.29, 0.717) is 18.4 Å². The minimum atomic E-state index is -0.749. The maximum atomic E-state index is 13.3. The van der Waals surface area contributed by atoms with Crippen molar-refractivity contribution in [3.63, 3.8) is 0 Å². The quantitative estimate of drug-likeness (QED) is 0.167.